The van der Waals surface area contributed by atoms with Crippen molar-refractivity contribution in [3.63, 3.8) is 0 Å². The highest BCUT2D eigenvalue weighted by atomic mass is 35.5. The number of nitrogens with two attached hydrogens (primary N) is 1. The number of likely N-dealkylation sites (N-methyl/N-ethyl adjacent to an activating group) is 1. The smallest absolute Gasteiger partial charge is 0.251 e. The van der Waals surface area contributed by atoms with Gasteiger partial charge >= 0.3 is 0 Å². The van der Waals surface area contributed by atoms with Crippen molar-refractivity contribution in [3.8, 4) is 5.75 Å². The fraction of sp³-hybridized carbons (Fsp3) is 0.562. The Morgan fingerprint density at radius 3 is 2.77 bits per heavy atom. The lowest BCUT2D eigenvalue weighted by Gasteiger charge is -2.21. The molecule has 1 heterocycles. The Morgan fingerprint density at radius 2 is 2.14 bits per heavy atom. The van der Waals surface area contributed by atoms with E-state index < -0.39 is 0 Å². The molecule has 2 N–H and O–H groups in total. The monoisotopic (exact) mass is 326 g/mol. The number of benzene rings is 1. The Bertz CT molecular complexity index is 481. The van der Waals surface area contributed by atoms with E-state index in [9.17, 15) is 4.79 Å². The summed E-state index contributed by atoms with van der Waals surface area (Å²) in [5.74, 6) is 0.811. The van der Waals surface area contributed by atoms with E-state index in [0.717, 1.165) is 25.0 Å². The molecule has 6 heteroatoms. The lowest BCUT2D eigenvalue weighted by molar-refractivity contribution is -0.141. The number of carbonyl (C=O) groups excluding carboxylic acids is 1. The molecule has 1 fully saturated rings. The van der Waals surface area contributed by atoms with Gasteiger partial charge in [0, 0.05) is 25.2 Å². The fourth-order valence-electron chi connectivity index (χ4n) is 2.44. The second kappa shape index (κ2) is 8.36. The van der Waals surface area contributed by atoms with Gasteiger partial charge in [-0.3, -0.25) is 4.79 Å². The molecule has 1 amide bonds. The molecule has 2 rings (SSSR count). The Morgan fingerprint density at radius 1 is 1.41 bits per heavy atom. The van der Waals surface area contributed by atoms with Gasteiger partial charge in [-0.25, -0.2) is 0 Å². The lowest BCUT2D eigenvalue weighted by Crippen LogP contribution is -2.38. The summed E-state index contributed by atoms with van der Waals surface area (Å²) in [6, 6.07) is 7.24. The number of carbonyl (C=O) groups is 1. The summed E-state index contributed by atoms with van der Waals surface area (Å²) in [6.07, 6.45) is 2.07. The Labute approximate surface area is 136 Å². The van der Waals surface area contributed by atoms with E-state index in [-0.39, 0.29) is 18.1 Å². The number of rotatable bonds is 7. The molecule has 0 spiro atoms. The lowest BCUT2D eigenvalue weighted by atomic mass is 10.2. The first kappa shape index (κ1) is 17.1. The van der Waals surface area contributed by atoms with Crippen molar-refractivity contribution in [2.75, 3.05) is 26.7 Å². The van der Waals surface area contributed by atoms with Crippen molar-refractivity contribution in [2.45, 2.75) is 31.5 Å². The van der Waals surface area contributed by atoms with Crippen LogP contribution in [-0.2, 0) is 9.53 Å². The van der Waals surface area contributed by atoms with Gasteiger partial charge in [-0.2, -0.15) is 0 Å². The van der Waals surface area contributed by atoms with E-state index in [1.54, 1.807) is 24.1 Å². The van der Waals surface area contributed by atoms with Crippen LogP contribution in [0.2, 0.25) is 5.02 Å². The third-order valence-electron chi connectivity index (χ3n) is 3.74. The summed E-state index contributed by atoms with van der Waals surface area (Å²) < 4.78 is 11.2. The van der Waals surface area contributed by atoms with Gasteiger partial charge in [0.15, 0.2) is 0 Å². The van der Waals surface area contributed by atoms with Gasteiger partial charge in [0.1, 0.15) is 11.9 Å². The Hall–Kier alpha value is -1.30. The third-order valence-corrected chi connectivity index (χ3v) is 3.99. The van der Waals surface area contributed by atoms with Crippen LogP contribution in [0.1, 0.15) is 19.3 Å². The number of hydrogen-bond donors (Lipinski definition) is 1. The molecular formula is C16H23ClN2O3. The predicted molar refractivity (Wildman–Crippen MR) is 86.2 cm³/mol. The highest BCUT2D eigenvalue weighted by molar-refractivity contribution is 6.30. The Kier molecular flexibility index (Phi) is 6.49. The van der Waals surface area contributed by atoms with Crippen LogP contribution >= 0.6 is 11.6 Å². The zero-order chi connectivity index (χ0) is 15.9. The van der Waals surface area contributed by atoms with Gasteiger partial charge in [-0.15, -0.1) is 0 Å². The van der Waals surface area contributed by atoms with Crippen molar-refractivity contribution < 1.29 is 14.3 Å². The van der Waals surface area contributed by atoms with Gasteiger partial charge in [-0.05, 0) is 43.5 Å². The zero-order valence-electron chi connectivity index (χ0n) is 12.8. The molecule has 122 valence electrons. The second-order valence-electron chi connectivity index (χ2n) is 5.48. The molecule has 1 aromatic rings. The normalized spacial score (nSPS) is 20.9. The molecule has 0 radical (unpaired) electrons. The van der Waals surface area contributed by atoms with Crippen LogP contribution in [0.5, 0.6) is 5.75 Å². The minimum atomic E-state index is -0.337. The molecule has 2 atom stereocenters. The molecular weight excluding hydrogens is 304 g/mol. The van der Waals surface area contributed by atoms with Gasteiger partial charge in [0.25, 0.3) is 5.91 Å². The number of halogens is 1. The summed E-state index contributed by atoms with van der Waals surface area (Å²) in [5, 5.41) is 0.685. The first-order chi connectivity index (χ1) is 10.6. The predicted octanol–water partition coefficient (Wildman–Crippen LogP) is 2.07. The molecule has 1 aliphatic rings. The van der Waals surface area contributed by atoms with E-state index >= 15 is 0 Å². The maximum atomic E-state index is 12.2. The summed E-state index contributed by atoms with van der Waals surface area (Å²) in [7, 11) is 1.80. The largest absolute Gasteiger partial charge is 0.494 e. The molecule has 0 saturated carbocycles. The molecule has 1 aromatic carbocycles. The number of hydrogen-bond acceptors (Lipinski definition) is 4. The van der Waals surface area contributed by atoms with E-state index in [2.05, 4.69) is 0 Å². The van der Waals surface area contributed by atoms with Crippen LogP contribution in [0.4, 0.5) is 0 Å². The van der Waals surface area contributed by atoms with Crippen molar-refractivity contribution in [3.05, 3.63) is 29.3 Å². The van der Waals surface area contributed by atoms with E-state index in [1.807, 2.05) is 12.1 Å². The summed E-state index contributed by atoms with van der Waals surface area (Å²) in [5.41, 5.74) is 5.56. The zero-order valence-corrected chi connectivity index (χ0v) is 13.6. The van der Waals surface area contributed by atoms with Crippen molar-refractivity contribution >= 4 is 17.5 Å². The summed E-state index contributed by atoms with van der Waals surface area (Å²) in [4.78, 5) is 13.9. The average molecular weight is 327 g/mol. The molecule has 5 nitrogen and oxygen atoms in total. The highest BCUT2D eigenvalue weighted by Crippen LogP contribution is 2.20. The standard InChI is InChI=1S/C16H23ClN2O3/c1-19(16(20)15-8-7-14(11-18)22-15)9-2-10-21-13-5-3-12(17)4-6-13/h3-6,14-15H,2,7-11,18H2,1H3/t14-,15+/m1/s1. The van der Waals surface area contributed by atoms with Crippen LogP contribution < -0.4 is 10.5 Å². The first-order valence-corrected chi connectivity index (χ1v) is 7.97. The molecule has 0 aromatic heterocycles. The molecule has 1 aliphatic heterocycles. The van der Waals surface area contributed by atoms with Crippen LogP contribution in [0.15, 0.2) is 24.3 Å². The van der Waals surface area contributed by atoms with Crippen molar-refractivity contribution in [1.82, 2.24) is 4.90 Å². The van der Waals surface area contributed by atoms with Gasteiger partial charge in [0.2, 0.25) is 0 Å². The number of amides is 1. The quantitative estimate of drug-likeness (QED) is 0.779. The van der Waals surface area contributed by atoms with Crippen LogP contribution in [-0.4, -0.2) is 49.8 Å². The van der Waals surface area contributed by atoms with Crippen LogP contribution in [0, 0.1) is 0 Å². The molecule has 1 saturated heterocycles. The SMILES string of the molecule is CN(CCCOc1ccc(Cl)cc1)C(=O)[C@@H]1CC[C@H](CN)O1. The minimum Gasteiger partial charge on any atom is -0.494 e. The van der Waals surface area contributed by atoms with E-state index in [4.69, 9.17) is 26.8 Å². The molecule has 0 bridgehead atoms. The second-order valence-corrected chi connectivity index (χ2v) is 5.91. The summed E-state index contributed by atoms with van der Waals surface area (Å²) >= 11 is 5.81. The van der Waals surface area contributed by atoms with Gasteiger partial charge in [-0.1, -0.05) is 11.6 Å². The molecule has 22 heavy (non-hydrogen) atoms. The average Bonchev–Trinajstić information content (AvgIpc) is 3.01. The third kappa shape index (κ3) is 4.87. The Balaban J connectivity index is 1.66. The molecule has 0 aliphatic carbocycles. The summed E-state index contributed by atoms with van der Waals surface area (Å²) in [6.45, 7) is 1.66. The van der Waals surface area contributed by atoms with Gasteiger partial charge in [0.05, 0.1) is 12.7 Å². The van der Waals surface area contributed by atoms with E-state index in [1.165, 1.54) is 0 Å². The first-order valence-electron chi connectivity index (χ1n) is 7.59. The fourth-order valence-corrected chi connectivity index (χ4v) is 2.57. The van der Waals surface area contributed by atoms with Crippen molar-refractivity contribution in [2.24, 2.45) is 5.73 Å². The topological polar surface area (TPSA) is 64.8 Å². The number of nitrogens with zero attached hydrogens (tertiary/aromatic N) is 1. The minimum absolute atomic E-state index is 0.0237. The maximum absolute atomic E-state index is 12.2. The van der Waals surface area contributed by atoms with E-state index in [0.29, 0.717) is 24.7 Å². The highest BCUT2D eigenvalue weighted by Gasteiger charge is 2.31. The van der Waals surface area contributed by atoms with Crippen molar-refractivity contribution in [1.29, 1.82) is 0 Å². The van der Waals surface area contributed by atoms with Crippen LogP contribution in [0.3, 0.4) is 0 Å². The number of ether oxygens (including phenoxy) is 2. The van der Waals surface area contributed by atoms with Gasteiger partial charge < -0.3 is 20.1 Å². The maximum Gasteiger partial charge on any atom is 0.251 e. The van der Waals surface area contributed by atoms with Crippen LogP contribution in [0.25, 0.3) is 0 Å². The molecule has 0 unspecified atom stereocenters.